The molecule has 7 heteroatoms. The molecule has 0 radical (unpaired) electrons. The van der Waals surface area contributed by atoms with Crippen LogP contribution in [0.4, 0.5) is 10.1 Å². The molecule has 0 unspecified atom stereocenters. The Morgan fingerprint density at radius 3 is 2.76 bits per heavy atom. The lowest BCUT2D eigenvalue weighted by atomic mass is 9.88. The minimum atomic E-state index is -0.948. The van der Waals surface area contributed by atoms with Crippen LogP contribution in [0.2, 0.25) is 0 Å². The van der Waals surface area contributed by atoms with E-state index in [-0.39, 0.29) is 5.91 Å². The third kappa shape index (κ3) is 5.26. The Labute approximate surface area is 175 Å². The summed E-state index contributed by atoms with van der Waals surface area (Å²) in [5, 5.41) is 3.18. The first-order chi connectivity index (χ1) is 13.7. The Bertz CT molecular complexity index is 875. The van der Waals surface area contributed by atoms with Crippen LogP contribution in [-0.2, 0) is 14.3 Å². The number of carbonyl (C=O) groups excluding carboxylic acids is 2. The zero-order valence-electron chi connectivity index (χ0n) is 17.1. The van der Waals surface area contributed by atoms with Crippen molar-refractivity contribution in [3.05, 3.63) is 64.7 Å². The molecule has 1 fully saturated rings. The number of carbonyl (C=O) groups is 2. The third-order valence-corrected chi connectivity index (χ3v) is 5.07. The number of amides is 2. The van der Waals surface area contributed by atoms with Gasteiger partial charge in [-0.05, 0) is 44.6 Å². The number of nitrogens with one attached hydrogen (secondary N) is 1. The SMILES string of the molecule is C=C(/C=C\C(OCC)=C(/C)Cl)[C@@H]1CN(C)C(=O)[C@H]1C(=O)Nc1cccc(F)c1C. The molecule has 2 rings (SSSR count). The maximum Gasteiger partial charge on any atom is 0.237 e. The number of hydrogen-bond donors (Lipinski definition) is 1. The third-order valence-electron chi connectivity index (χ3n) is 4.89. The molecule has 5 nitrogen and oxygen atoms in total. The van der Waals surface area contributed by atoms with E-state index in [2.05, 4.69) is 11.9 Å². The molecule has 1 heterocycles. The van der Waals surface area contributed by atoms with E-state index in [1.165, 1.54) is 17.0 Å². The van der Waals surface area contributed by atoms with Gasteiger partial charge in [-0.3, -0.25) is 9.59 Å². The molecule has 0 aliphatic carbocycles. The zero-order valence-corrected chi connectivity index (χ0v) is 17.8. The number of nitrogens with zero attached hydrogens (tertiary/aromatic N) is 1. The van der Waals surface area contributed by atoms with Crippen molar-refractivity contribution in [1.29, 1.82) is 0 Å². The van der Waals surface area contributed by atoms with Gasteiger partial charge >= 0.3 is 0 Å². The zero-order chi connectivity index (χ0) is 21.7. The van der Waals surface area contributed by atoms with Gasteiger partial charge in [-0.2, -0.15) is 0 Å². The average molecular weight is 421 g/mol. The van der Waals surface area contributed by atoms with E-state index in [9.17, 15) is 14.0 Å². The first-order valence-electron chi connectivity index (χ1n) is 9.34. The first-order valence-corrected chi connectivity index (χ1v) is 9.72. The summed E-state index contributed by atoms with van der Waals surface area (Å²) in [5.74, 6) is -2.07. The Morgan fingerprint density at radius 1 is 1.45 bits per heavy atom. The fourth-order valence-electron chi connectivity index (χ4n) is 3.20. The topological polar surface area (TPSA) is 58.6 Å². The van der Waals surface area contributed by atoms with Gasteiger partial charge in [-0.25, -0.2) is 4.39 Å². The van der Waals surface area contributed by atoms with Crippen LogP contribution >= 0.6 is 11.6 Å². The normalized spacial score (nSPS) is 20.1. The molecule has 0 saturated carbocycles. The lowest BCUT2D eigenvalue weighted by molar-refractivity contribution is -0.135. The van der Waals surface area contributed by atoms with Crippen molar-refractivity contribution >= 4 is 29.1 Å². The molecule has 1 aromatic carbocycles. The molecule has 0 aromatic heterocycles. The fourth-order valence-corrected chi connectivity index (χ4v) is 3.32. The molecule has 2 atom stereocenters. The van der Waals surface area contributed by atoms with Gasteiger partial charge in [0.1, 0.15) is 17.5 Å². The van der Waals surface area contributed by atoms with E-state index < -0.39 is 23.6 Å². The van der Waals surface area contributed by atoms with Crippen LogP contribution in [0.1, 0.15) is 19.4 Å². The molecule has 0 bridgehead atoms. The quantitative estimate of drug-likeness (QED) is 0.404. The summed E-state index contributed by atoms with van der Waals surface area (Å²) in [7, 11) is 1.64. The van der Waals surface area contributed by atoms with Crippen LogP contribution in [0, 0.1) is 24.6 Å². The standard InChI is InChI=1S/C22H26ClFN2O3/c1-6-29-19(15(4)23)11-10-13(2)16-12-26(5)22(28)20(16)21(27)25-18-9-7-8-17(24)14(18)3/h7-11,16,20H,2,6,12H2,1,3-5H3,(H,25,27)/b11-10-,19-15-/t16-,20+/m0/s1. The number of allylic oxidation sites excluding steroid dienone is 3. The molecular weight excluding hydrogens is 395 g/mol. The molecule has 0 spiro atoms. The molecule has 1 aliphatic rings. The van der Waals surface area contributed by atoms with Crippen molar-refractivity contribution < 1.29 is 18.7 Å². The molecule has 1 aliphatic heterocycles. The number of hydrogen-bond acceptors (Lipinski definition) is 3. The summed E-state index contributed by atoms with van der Waals surface area (Å²) in [6, 6.07) is 4.43. The summed E-state index contributed by atoms with van der Waals surface area (Å²) < 4.78 is 19.2. The number of anilines is 1. The van der Waals surface area contributed by atoms with Crippen molar-refractivity contribution in [2.45, 2.75) is 20.8 Å². The van der Waals surface area contributed by atoms with E-state index >= 15 is 0 Å². The van der Waals surface area contributed by atoms with Crippen molar-refractivity contribution in [3.8, 4) is 0 Å². The van der Waals surface area contributed by atoms with Gasteiger partial charge in [0.05, 0.1) is 11.6 Å². The molecule has 1 aromatic rings. The molecule has 29 heavy (non-hydrogen) atoms. The van der Waals surface area contributed by atoms with Gasteiger partial charge in [0.2, 0.25) is 11.8 Å². The second-order valence-electron chi connectivity index (χ2n) is 6.94. The second-order valence-corrected chi connectivity index (χ2v) is 7.51. The van der Waals surface area contributed by atoms with Crippen molar-refractivity contribution in [3.63, 3.8) is 0 Å². The minimum Gasteiger partial charge on any atom is -0.493 e. The minimum absolute atomic E-state index is 0.301. The van der Waals surface area contributed by atoms with E-state index in [0.29, 0.717) is 40.8 Å². The summed E-state index contributed by atoms with van der Waals surface area (Å²) in [5.41, 5.74) is 1.27. The van der Waals surface area contributed by atoms with Gasteiger partial charge in [-0.1, -0.05) is 30.3 Å². The monoisotopic (exact) mass is 420 g/mol. The fraction of sp³-hybridized carbons (Fsp3) is 0.364. The average Bonchev–Trinajstić information content (AvgIpc) is 2.97. The van der Waals surface area contributed by atoms with Crippen LogP contribution in [0.25, 0.3) is 0 Å². The smallest absolute Gasteiger partial charge is 0.237 e. The second kappa shape index (κ2) is 9.74. The maximum atomic E-state index is 13.8. The number of halogens is 2. The van der Waals surface area contributed by atoms with Crippen molar-refractivity contribution in [2.75, 3.05) is 25.5 Å². The van der Waals surface area contributed by atoms with Crippen LogP contribution in [0.3, 0.4) is 0 Å². The molecule has 1 N–H and O–H groups in total. The number of benzene rings is 1. The Hall–Kier alpha value is -2.60. The Kier molecular flexibility index (Phi) is 7.62. The van der Waals surface area contributed by atoms with Crippen molar-refractivity contribution in [1.82, 2.24) is 4.90 Å². The van der Waals surface area contributed by atoms with Gasteiger partial charge in [0.25, 0.3) is 0 Å². The highest BCUT2D eigenvalue weighted by Crippen LogP contribution is 2.32. The van der Waals surface area contributed by atoms with E-state index in [1.807, 2.05) is 6.92 Å². The number of rotatable bonds is 7. The highest BCUT2D eigenvalue weighted by molar-refractivity contribution is 6.29. The van der Waals surface area contributed by atoms with E-state index in [4.69, 9.17) is 16.3 Å². The number of likely N-dealkylation sites (tertiary alicyclic amines) is 1. The van der Waals surface area contributed by atoms with Gasteiger partial charge in [-0.15, -0.1) is 0 Å². The maximum absolute atomic E-state index is 13.8. The summed E-state index contributed by atoms with van der Waals surface area (Å²) in [6.45, 7) is 9.99. The Morgan fingerprint density at radius 2 is 2.14 bits per heavy atom. The highest BCUT2D eigenvalue weighted by Gasteiger charge is 2.44. The van der Waals surface area contributed by atoms with Crippen LogP contribution < -0.4 is 5.32 Å². The van der Waals surface area contributed by atoms with Gasteiger partial charge in [0.15, 0.2) is 0 Å². The molecule has 156 valence electrons. The van der Waals surface area contributed by atoms with Crippen LogP contribution in [-0.4, -0.2) is 36.9 Å². The van der Waals surface area contributed by atoms with Crippen LogP contribution in [0.5, 0.6) is 0 Å². The molecule has 2 amide bonds. The van der Waals surface area contributed by atoms with Crippen molar-refractivity contribution in [2.24, 2.45) is 11.8 Å². The predicted octanol–water partition coefficient (Wildman–Crippen LogP) is 4.40. The first kappa shape index (κ1) is 22.7. The highest BCUT2D eigenvalue weighted by atomic mass is 35.5. The molecule has 1 saturated heterocycles. The van der Waals surface area contributed by atoms with Crippen LogP contribution in [0.15, 0.2) is 53.3 Å². The summed E-state index contributed by atoms with van der Waals surface area (Å²) in [6.07, 6.45) is 3.39. The summed E-state index contributed by atoms with van der Waals surface area (Å²) in [4.78, 5) is 27.0. The van der Waals surface area contributed by atoms with Gasteiger partial charge in [0, 0.05) is 30.8 Å². The number of ether oxygens (including phenoxy) is 1. The lowest BCUT2D eigenvalue weighted by Crippen LogP contribution is -2.33. The van der Waals surface area contributed by atoms with Gasteiger partial charge < -0.3 is 15.0 Å². The van der Waals surface area contributed by atoms with E-state index in [1.54, 1.807) is 39.1 Å². The lowest BCUT2D eigenvalue weighted by Gasteiger charge is -2.18. The van der Waals surface area contributed by atoms with E-state index in [0.717, 1.165) is 0 Å². The largest absolute Gasteiger partial charge is 0.493 e. The predicted molar refractivity (Wildman–Crippen MR) is 113 cm³/mol. The summed E-state index contributed by atoms with van der Waals surface area (Å²) >= 11 is 6.03. The molecular formula is C22H26ClFN2O3. The Balaban J connectivity index is 2.24.